The maximum absolute atomic E-state index is 12.4. The third kappa shape index (κ3) is 7.80. The average molecular weight is 487 g/mol. The van der Waals surface area contributed by atoms with E-state index in [2.05, 4.69) is 21.3 Å². The first kappa shape index (κ1) is 26.2. The normalized spacial score (nSPS) is 10.3. The largest absolute Gasteiger partial charge is 0.352 e. The van der Waals surface area contributed by atoms with Gasteiger partial charge in [-0.2, -0.15) is 0 Å². The van der Waals surface area contributed by atoms with Crippen LogP contribution in [0.5, 0.6) is 0 Å². The van der Waals surface area contributed by atoms with Crippen molar-refractivity contribution in [1.82, 2.24) is 10.6 Å². The average Bonchev–Trinajstić information content (AvgIpc) is 2.86. The lowest BCUT2D eigenvalue weighted by atomic mass is 10.0. The van der Waals surface area contributed by atoms with Gasteiger partial charge in [-0.05, 0) is 54.3 Å². The van der Waals surface area contributed by atoms with Crippen LogP contribution in [-0.2, 0) is 22.4 Å². The highest BCUT2D eigenvalue weighted by Gasteiger charge is 2.14. The molecule has 3 aromatic rings. The Morgan fingerprint density at radius 1 is 0.583 bits per heavy atom. The minimum absolute atomic E-state index is 0.185. The van der Waals surface area contributed by atoms with Crippen molar-refractivity contribution in [3.05, 3.63) is 95.1 Å². The molecule has 4 amide bonds. The van der Waals surface area contributed by atoms with Gasteiger partial charge in [-0.25, -0.2) is 0 Å². The van der Waals surface area contributed by atoms with Crippen LogP contribution in [0.3, 0.4) is 0 Å². The fourth-order valence-electron chi connectivity index (χ4n) is 3.73. The molecule has 4 N–H and O–H groups in total. The maximum Gasteiger partial charge on any atom is 0.251 e. The number of benzene rings is 3. The van der Waals surface area contributed by atoms with Crippen LogP contribution < -0.4 is 21.3 Å². The van der Waals surface area contributed by atoms with Crippen molar-refractivity contribution in [2.45, 2.75) is 26.7 Å². The number of anilines is 2. The molecule has 3 aromatic carbocycles. The summed E-state index contributed by atoms with van der Waals surface area (Å²) in [6.07, 6.45) is 0.913. The highest BCUT2D eigenvalue weighted by atomic mass is 16.2. The van der Waals surface area contributed by atoms with E-state index in [9.17, 15) is 19.2 Å². The van der Waals surface area contributed by atoms with Crippen molar-refractivity contribution in [2.75, 3.05) is 23.7 Å². The van der Waals surface area contributed by atoms with E-state index in [0.717, 1.165) is 11.1 Å². The Bertz CT molecular complexity index is 1130. The fourth-order valence-corrected chi connectivity index (χ4v) is 3.73. The first-order chi connectivity index (χ1) is 17.3. The van der Waals surface area contributed by atoms with Crippen molar-refractivity contribution < 1.29 is 19.2 Å². The van der Waals surface area contributed by atoms with Gasteiger partial charge >= 0.3 is 0 Å². The molecular formula is C28H30N4O4. The van der Waals surface area contributed by atoms with Crippen molar-refractivity contribution in [2.24, 2.45) is 0 Å². The second-order valence-electron chi connectivity index (χ2n) is 8.27. The quantitative estimate of drug-likeness (QED) is 0.351. The summed E-state index contributed by atoms with van der Waals surface area (Å²) in [6.45, 7) is 3.52. The summed E-state index contributed by atoms with van der Waals surface area (Å²) in [4.78, 5) is 48.4. The van der Waals surface area contributed by atoms with Gasteiger partial charge in [-0.1, -0.05) is 42.5 Å². The number of amides is 4. The molecule has 8 nitrogen and oxygen atoms in total. The van der Waals surface area contributed by atoms with E-state index in [4.69, 9.17) is 0 Å². The molecule has 0 aromatic heterocycles. The number of hydrogen-bond acceptors (Lipinski definition) is 4. The smallest absolute Gasteiger partial charge is 0.251 e. The molecule has 3 rings (SSSR count). The predicted molar refractivity (Wildman–Crippen MR) is 140 cm³/mol. The summed E-state index contributed by atoms with van der Waals surface area (Å²) in [5, 5.41) is 11.4. The Morgan fingerprint density at radius 2 is 0.972 bits per heavy atom. The minimum atomic E-state index is -0.249. The molecule has 0 aliphatic carbocycles. The molecule has 0 aliphatic rings. The molecule has 0 heterocycles. The van der Waals surface area contributed by atoms with E-state index in [0.29, 0.717) is 48.4 Å². The molecule has 0 fully saturated rings. The number of nitrogens with one attached hydrogen (secondary N) is 4. The molecule has 0 unspecified atom stereocenters. The van der Waals surface area contributed by atoms with Gasteiger partial charge < -0.3 is 21.3 Å². The van der Waals surface area contributed by atoms with Crippen LogP contribution in [0, 0.1) is 0 Å². The summed E-state index contributed by atoms with van der Waals surface area (Å²) >= 11 is 0. The summed E-state index contributed by atoms with van der Waals surface area (Å²) in [5.74, 6) is -0.867. The molecule has 186 valence electrons. The lowest BCUT2D eigenvalue weighted by Gasteiger charge is -2.18. The van der Waals surface area contributed by atoms with E-state index < -0.39 is 0 Å². The standard InChI is InChI=1S/C28H30N4O4/c1-19(33)31-25-18-26(32-20(2)34)24(14-16-30-28(36)22-11-7-4-8-12-22)17-23(25)13-15-29-27(35)21-9-5-3-6-10-21/h3-12,17-18H,13-16H2,1-2H3,(H,29,35)(H,30,36)(H,31,33)(H,32,34). The Kier molecular flexibility index (Phi) is 9.33. The molecule has 8 heteroatoms. The fraction of sp³-hybridized carbons (Fsp3) is 0.214. The van der Waals surface area contributed by atoms with Gasteiger partial charge in [0.05, 0.1) is 0 Å². The van der Waals surface area contributed by atoms with Gasteiger partial charge in [0.15, 0.2) is 0 Å². The molecule has 0 radical (unpaired) electrons. The van der Waals surface area contributed by atoms with E-state index >= 15 is 0 Å². The third-order valence-corrected chi connectivity index (χ3v) is 5.38. The Labute approximate surface area is 210 Å². The molecule has 0 saturated heterocycles. The minimum Gasteiger partial charge on any atom is -0.352 e. The highest BCUT2D eigenvalue weighted by molar-refractivity contribution is 5.95. The Hall–Kier alpha value is -4.46. The summed E-state index contributed by atoms with van der Waals surface area (Å²) in [5.41, 5.74) is 3.84. The van der Waals surface area contributed by atoms with Crippen LogP contribution in [0.4, 0.5) is 11.4 Å². The lowest BCUT2D eigenvalue weighted by Crippen LogP contribution is -2.27. The zero-order valence-corrected chi connectivity index (χ0v) is 20.4. The summed E-state index contributed by atoms with van der Waals surface area (Å²) in [6, 6.07) is 21.4. The first-order valence-electron chi connectivity index (χ1n) is 11.7. The van der Waals surface area contributed by atoms with Gasteiger partial charge in [0.25, 0.3) is 11.8 Å². The van der Waals surface area contributed by atoms with Crippen molar-refractivity contribution in [1.29, 1.82) is 0 Å². The molecule has 36 heavy (non-hydrogen) atoms. The van der Waals surface area contributed by atoms with Crippen LogP contribution >= 0.6 is 0 Å². The van der Waals surface area contributed by atoms with E-state index in [-0.39, 0.29) is 23.6 Å². The Morgan fingerprint density at radius 3 is 1.33 bits per heavy atom. The second kappa shape index (κ2) is 12.9. The summed E-state index contributed by atoms with van der Waals surface area (Å²) in [7, 11) is 0. The van der Waals surface area contributed by atoms with Gasteiger partial charge in [0, 0.05) is 49.4 Å². The predicted octanol–water partition coefficient (Wildman–Crippen LogP) is 3.55. The van der Waals surface area contributed by atoms with Gasteiger partial charge in [0.1, 0.15) is 0 Å². The van der Waals surface area contributed by atoms with Crippen LogP contribution in [-0.4, -0.2) is 36.7 Å². The first-order valence-corrected chi connectivity index (χ1v) is 11.7. The highest BCUT2D eigenvalue weighted by Crippen LogP contribution is 2.27. The topological polar surface area (TPSA) is 116 Å². The van der Waals surface area contributed by atoms with Crippen LogP contribution in [0.15, 0.2) is 72.8 Å². The lowest BCUT2D eigenvalue weighted by molar-refractivity contribution is -0.115. The van der Waals surface area contributed by atoms with Crippen LogP contribution in [0.2, 0.25) is 0 Å². The maximum atomic E-state index is 12.4. The zero-order valence-electron chi connectivity index (χ0n) is 20.4. The zero-order chi connectivity index (χ0) is 25.9. The van der Waals surface area contributed by atoms with Gasteiger partial charge in [-0.15, -0.1) is 0 Å². The summed E-state index contributed by atoms with van der Waals surface area (Å²) < 4.78 is 0. The van der Waals surface area contributed by atoms with Crippen LogP contribution in [0.25, 0.3) is 0 Å². The number of carbonyl (C=O) groups is 4. The number of hydrogen-bond donors (Lipinski definition) is 4. The van der Waals surface area contributed by atoms with E-state index in [1.165, 1.54) is 13.8 Å². The number of carbonyl (C=O) groups excluding carboxylic acids is 4. The van der Waals surface area contributed by atoms with Crippen LogP contribution in [0.1, 0.15) is 45.7 Å². The molecule has 0 spiro atoms. The number of rotatable bonds is 10. The molecular weight excluding hydrogens is 456 g/mol. The second-order valence-corrected chi connectivity index (χ2v) is 8.27. The Balaban J connectivity index is 1.76. The molecule has 0 bridgehead atoms. The van der Waals surface area contributed by atoms with E-state index in [1.807, 2.05) is 18.2 Å². The molecule has 0 saturated carbocycles. The monoisotopic (exact) mass is 486 g/mol. The van der Waals surface area contributed by atoms with Crippen molar-refractivity contribution >= 4 is 35.0 Å². The third-order valence-electron chi connectivity index (χ3n) is 5.38. The van der Waals surface area contributed by atoms with Gasteiger partial charge in [-0.3, -0.25) is 19.2 Å². The van der Waals surface area contributed by atoms with E-state index in [1.54, 1.807) is 54.6 Å². The molecule has 0 aliphatic heterocycles. The van der Waals surface area contributed by atoms with Crippen molar-refractivity contribution in [3.63, 3.8) is 0 Å². The van der Waals surface area contributed by atoms with Gasteiger partial charge in [0.2, 0.25) is 11.8 Å². The van der Waals surface area contributed by atoms with Crippen molar-refractivity contribution in [3.8, 4) is 0 Å². The SMILES string of the molecule is CC(=O)Nc1cc(NC(C)=O)c(CCNC(=O)c2ccccc2)cc1CCNC(=O)c1ccccc1. The molecule has 0 atom stereocenters.